The van der Waals surface area contributed by atoms with E-state index in [1.54, 1.807) is 17.0 Å². The number of halogens is 2. The Morgan fingerprint density at radius 1 is 1.33 bits per heavy atom. The van der Waals surface area contributed by atoms with Crippen LogP contribution < -0.4 is 5.32 Å². The van der Waals surface area contributed by atoms with Crippen molar-refractivity contribution in [1.82, 2.24) is 15.1 Å². The molecule has 2 aliphatic heterocycles. The smallest absolute Gasteiger partial charge is 0.254 e. The number of carbonyl (C=O) groups excluding carboxylic acids is 1. The minimum atomic E-state index is -0.712. The summed E-state index contributed by atoms with van der Waals surface area (Å²) in [5.41, 5.74) is 1.54. The van der Waals surface area contributed by atoms with Crippen LogP contribution in [0.15, 0.2) is 29.5 Å². The average Bonchev–Trinajstić information content (AvgIpc) is 3.47. The van der Waals surface area contributed by atoms with E-state index >= 15 is 0 Å². The second-order valence-corrected chi connectivity index (χ2v) is 7.82. The lowest BCUT2D eigenvalue weighted by Crippen LogP contribution is -2.51. The molecule has 1 atom stereocenters. The van der Waals surface area contributed by atoms with Crippen LogP contribution in [0.2, 0.25) is 5.02 Å². The first-order chi connectivity index (χ1) is 13.0. The fourth-order valence-corrected chi connectivity index (χ4v) is 4.42. The predicted octanol–water partition coefficient (Wildman–Crippen LogP) is 3.01. The van der Waals surface area contributed by atoms with Crippen molar-refractivity contribution in [3.63, 3.8) is 0 Å². The van der Waals surface area contributed by atoms with Gasteiger partial charge < -0.3 is 19.9 Å². The van der Waals surface area contributed by atoms with E-state index in [-0.39, 0.29) is 16.5 Å². The van der Waals surface area contributed by atoms with E-state index < -0.39 is 11.9 Å². The Balaban J connectivity index is 1.81. The van der Waals surface area contributed by atoms with Crippen LogP contribution in [0.3, 0.4) is 0 Å². The van der Waals surface area contributed by atoms with E-state index in [4.69, 9.17) is 28.6 Å². The van der Waals surface area contributed by atoms with Crippen molar-refractivity contribution < 1.29 is 13.9 Å². The quantitative estimate of drug-likeness (QED) is 0.777. The highest BCUT2D eigenvalue weighted by Gasteiger charge is 2.42. The maximum atomic E-state index is 14.7. The van der Waals surface area contributed by atoms with Gasteiger partial charge in [0, 0.05) is 35.4 Å². The Hall–Kier alpha value is -1.70. The van der Waals surface area contributed by atoms with Crippen LogP contribution in [0.25, 0.3) is 0 Å². The summed E-state index contributed by atoms with van der Waals surface area (Å²) < 4.78 is 20.0. The van der Waals surface area contributed by atoms with Crippen molar-refractivity contribution in [1.29, 1.82) is 0 Å². The summed E-state index contributed by atoms with van der Waals surface area (Å²) in [7, 11) is 0. The van der Waals surface area contributed by atoms with Crippen LogP contribution in [0.1, 0.15) is 31.4 Å². The Kier molecular flexibility index (Phi) is 5.09. The zero-order valence-electron chi connectivity index (χ0n) is 15.0. The van der Waals surface area contributed by atoms with Crippen LogP contribution in [0, 0.1) is 5.82 Å². The minimum Gasteiger partial charge on any atom is -0.378 e. The molecule has 0 radical (unpaired) electrons. The zero-order valence-corrected chi connectivity index (χ0v) is 16.6. The van der Waals surface area contributed by atoms with Crippen LogP contribution in [0.5, 0.6) is 0 Å². The van der Waals surface area contributed by atoms with Crippen molar-refractivity contribution in [3.8, 4) is 0 Å². The number of amides is 1. The first-order valence-corrected chi connectivity index (χ1v) is 9.89. The van der Waals surface area contributed by atoms with Gasteiger partial charge in [-0.2, -0.15) is 0 Å². The Morgan fingerprint density at radius 3 is 2.67 bits per heavy atom. The average molecular weight is 410 g/mol. The molecule has 4 rings (SSSR count). The second-order valence-electron chi connectivity index (χ2n) is 7.02. The number of hydrogen-bond donors (Lipinski definition) is 1. The van der Waals surface area contributed by atoms with Gasteiger partial charge in [0.15, 0.2) is 5.11 Å². The fraction of sp³-hybridized carbons (Fsp3) is 0.474. The summed E-state index contributed by atoms with van der Waals surface area (Å²) in [5.74, 6) is -0.580. The molecular weight excluding hydrogens is 389 g/mol. The fourth-order valence-electron chi connectivity index (χ4n) is 3.75. The normalized spacial score (nSPS) is 23.5. The molecule has 2 fully saturated rings. The molecule has 0 spiro atoms. The van der Waals surface area contributed by atoms with Crippen molar-refractivity contribution in [2.24, 2.45) is 0 Å². The Bertz CT molecular complexity index is 801. The molecule has 1 saturated heterocycles. The molecule has 1 saturated carbocycles. The molecule has 144 valence electrons. The maximum absolute atomic E-state index is 14.7. The molecule has 2 heterocycles. The van der Waals surface area contributed by atoms with Gasteiger partial charge in [-0.05, 0) is 44.1 Å². The third-order valence-corrected chi connectivity index (χ3v) is 5.90. The van der Waals surface area contributed by atoms with Gasteiger partial charge in [0.1, 0.15) is 5.82 Å². The third kappa shape index (κ3) is 3.44. The van der Waals surface area contributed by atoms with Crippen LogP contribution in [0.4, 0.5) is 4.39 Å². The summed E-state index contributed by atoms with van der Waals surface area (Å²) in [5, 5.41) is 3.97. The monoisotopic (exact) mass is 409 g/mol. The number of allylic oxidation sites excluding steroid dienone is 1. The summed E-state index contributed by atoms with van der Waals surface area (Å²) in [6, 6.07) is 4.13. The lowest BCUT2D eigenvalue weighted by Gasteiger charge is -2.40. The summed E-state index contributed by atoms with van der Waals surface area (Å²) in [6.07, 6.45) is 2.06. The number of hydrogen-bond acceptors (Lipinski definition) is 3. The molecule has 1 aromatic rings. The second kappa shape index (κ2) is 7.37. The molecule has 1 N–H and O–H groups in total. The number of nitrogens with one attached hydrogen (secondary N) is 1. The highest BCUT2D eigenvalue weighted by atomic mass is 35.5. The van der Waals surface area contributed by atoms with Crippen molar-refractivity contribution in [3.05, 3.63) is 45.9 Å². The predicted molar refractivity (Wildman–Crippen MR) is 105 cm³/mol. The minimum absolute atomic E-state index is 0.124. The van der Waals surface area contributed by atoms with E-state index in [1.165, 1.54) is 6.07 Å². The number of benzene rings is 1. The van der Waals surface area contributed by atoms with Gasteiger partial charge in [-0.3, -0.25) is 4.79 Å². The van der Waals surface area contributed by atoms with Crippen LogP contribution in [-0.2, 0) is 9.53 Å². The van der Waals surface area contributed by atoms with Crippen molar-refractivity contribution in [2.45, 2.75) is 31.8 Å². The number of nitrogens with zero attached hydrogens (tertiary/aromatic N) is 2. The van der Waals surface area contributed by atoms with Gasteiger partial charge in [0.25, 0.3) is 5.91 Å². The molecule has 1 aromatic carbocycles. The first kappa shape index (κ1) is 18.7. The Morgan fingerprint density at radius 2 is 2.04 bits per heavy atom. The van der Waals surface area contributed by atoms with Gasteiger partial charge in [-0.15, -0.1) is 0 Å². The Labute approximate surface area is 168 Å². The summed E-state index contributed by atoms with van der Waals surface area (Å²) in [6.45, 7) is 3.92. The lowest BCUT2D eigenvalue weighted by atomic mass is 9.93. The third-order valence-electron chi connectivity index (χ3n) is 5.26. The molecule has 3 aliphatic rings. The van der Waals surface area contributed by atoms with E-state index in [9.17, 15) is 9.18 Å². The number of rotatable bonds is 3. The van der Waals surface area contributed by atoms with Crippen LogP contribution in [-0.4, -0.2) is 53.2 Å². The van der Waals surface area contributed by atoms with Gasteiger partial charge >= 0.3 is 0 Å². The molecule has 1 amide bonds. The van der Waals surface area contributed by atoms with E-state index in [2.05, 4.69) is 5.32 Å². The van der Waals surface area contributed by atoms with Gasteiger partial charge in [0.2, 0.25) is 0 Å². The molecule has 0 unspecified atom stereocenters. The lowest BCUT2D eigenvalue weighted by molar-refractivity contribution is -0.131. The van der Waals surface area contributed by atoms with E-state index in [0.717, 1.165) is 18.5 Å². The van der Waals surface area contributed by atoms with Crippen molar-refractivity contribution >= 4 is 34.8 Å². The number of thiocarbonyl (C=S) groups is 1. The molecule has 0 bridgehead atoms. The molecule has 1 aliphatic carbocycles. The summed E-state index contributed by atoms with van der Waals surface area (Å²) >= 11 is 11.9. The highest BCUT2D eigenvalue weighted by molar-refractivity contribution is 7.80. The highest BCUT2D eigenvalue weighted by Crippen LogP contribution is 2.40. The number of morpholine rings is 1. The van der Waals surface area contributed by atoms with Gasteiger partial charge in [0.05, 0.1) is 24.8 Å². The van der Waals surface area contributed by atoms with Crippen molar-refractivity contribution in [2.75, 3.05) is 26.3 Å². The van der Waals surface area contributed by atoms with E-state index in [1.807, 2.05) is 11.8 Å². The van der Waals surface area contributed by atoms with Gasteiger partial charge in [-0.1, -0.05) is 17.7 Å². The zero-order chi connectivity index (χ0) is 19.1. The molecular formula is C19H21ClFN3O2S. The maximum Gasteiger partial charge on any atom is 0.254 e. The SMILES string of the molecule is CC1=C(C(=O)N2CCOCC2)[C@H](c2c(F)cccc2Cl)NC(=S)N1C1CC1. The first-order valence-electron chi connectivity index (χ1n) is 9.10. The van der Waals surface area contributed by atoms with Gasteiger partial charge in [-0.25, -0.2) is 4.39 Å². The topological polar surface area (TPSA) is 44.8 Å². The summed E-state index contributed by atoms with van der Waals surface area (Å²) in [4.78, 5) is 17.2. The van der Waals surface area contributed by atoms with Crippen LogP contribution >= 0.6 is 23.8 Å². The molecule has 0 aromatic heterocycles. The van der Waals surface area contributed by atoms with E-state index in [0.29, 0.717) is 43.0 Å². The number of carbonyl (C=O) groups is 1. The molecule has 8 heteroatoms. The molecule has 27 heavy (non-hydrogen) atoms. The largest absolute Gasteiger partial charge is 0.378 e. The standard InChI is InChI=1S/C19H21ClFN3O2S/c1-11-15(18(25)23-7-9-26-10-8-23)17(16-13(20)3-2-4-14(16)21)22-19(27)24(11)12-5-6-12/h2-4,12,17H,5-10H2,1H3,(H,22,27)/t17-/m1/s1. The molecule has 5 nitrogen and oxygen atoms in total. The number of ether oxygens (including phenoxy) is 1.